The van der Waals surface area contributed by atoms with Crippen LogP contribution >= 0.6 is 11.8 Å². The fourth-order valence-electron chi connectivity index (χ4n) is 4.90. The van der Waals surface area contributed by atoms with E-state index in [9.17, 15) is 9.59 Å². The number of aromatic nitrogens is 1. The summed E-state index contributed by atoms with van der Waals surface area (Å²) >= 11 is 1.48. The Bertz CT molecular complexity index is 1460. The number of ether oxygens (including phenoxy) is 2. The van der Waals surface area contributed by atoms with Crippen LogP contribution in [0.3, 0.4) is 0 Å². The molecule has 7 nitrogen and oxygen atoms in total. The van der Waals surface area contributed by atoms with E-state index in [0.29, 0.717) is 11.5 Å². The number of nitrogens with one attached hydrogen (secondary N) is 1. The third-order valence-corrected chi connectivity index (χ3v) is 7.87. The number of benzene rings is 3. The maximum Gasteiger partial charge on any atom is 0.247 e. The van der Waals surface area contributed by atoms with Crippen LogP contribution in [0.15, 0.2) is 77.8 Å². The summed E-state index contributed by atoms with van der Waals surface area (Å²) < 4.78 is 12.9. The van der Waals surface area contributed by atoms with Crippen LogP contribution in [-0.2, 0) is 29.7 Å². The zero-order valence-corrected chi connectivity index (χ0v) is 21.9. The van der Waals surface area contributed by atoms with Crippen molar-refractivity contribution in [3.05, 3.63) is 89.5 Å². The molecule has 0 saturated heterocycles. The average molecular weight is 516 g/mol. The molecule has 1 N–H and O–H groups in total. The van der Waals surface area contributed by atoms with Gasteiger partial charge in [0.15, 0.2) is 0 Å². The molecule has 0 aliphatic carbocycles. The van der Waals surface area contributed by atoms with Crippen LogP contribution in [0.25, 0.3) is 10.9 Å². The SMILES string of the molecule is COc1cccc(CN2C(=O)CSc3c(c4ccccc4n3C)C2C(=O)NCc2ccccc2OC)c1. The number of thioether (sulfide) groups is 1. The minimum Gasteiger partial charge on any atom is -0.497 e. The number of nitrogens with zero attached hydrogens (tertiary/aromatic N) is 2. The molecule has 0 radical (unpaired) electrons. The number of aryl methyl sites for hydroxylation is 1. The van der Waals surface area contributed by atoms with Gasteiger partial charge in [-0.15, -0.1) is 0 Å². The lowest BCUT2D eigenvalue weighted by Crippen LogP contribution is -2.43. The van der Waals surface area contributed by atoms with Crippen LogP contribution in [0, 0.1) is 0 Å². The molecule has 0 bridgehead atoms. The van der Waals surface area contributed by atoms with Crippen molar-refractivity contribution in [1.82, 2.24) is 14.8 Å². The summed E-state index contributed by atoms with van der Waals surface area (Å²) in [7, 11) is 5.21. The van der Waals surface area contributed by atoms with Gasteiger partial charge in [-0.25, -0.2) is 0 Å². The highest BCUT2D eigenvalue weighted by atomic mass is 32.2. The summed E-state index contributed by atoms with van der Waals surface area (Å²) in [6.45, 7) is 0.569. The molecule has 0 saturated carbocycles. The Kier molecular flexibility index (Phi) is 7.10. The highest BCUT2D eigenvalue weighted by Crippen LogP contribution is 2.42. The number of rotatable bonds is 7. The molecule has 0 fully saturated rings. The first-order valence-corrected chi connectivity index (χ1v) is 13.0. The van der Waals surface area contributed by atoms with Gasteiger partial charge in [0.1, 0.15) is 17.5 Å². The Labute approximate surface area is 220 Å². The number of para-hydroxylation sites is 2. The van der Waals surface area contributed by atoms with E-state index in [0.717, 1.165) is 32.6 Å². The summed E-state index contributed by atoms with van der Waals surface area (Å²) in [6.07, 6.45) is 0. The minimum atomic E-state index is -0.801. The topological polar surface area (TPSA) is 72.8 Å². The second-order valence-corrected chi connectivity index (χ2v) is 9.85. The van der Waals surface area contributed by atoms with Gasteiger partial charge in [0.25, 0.3) is 0 Å². The second kappa shape index (κ2) is 10.6. The Morgan fingerprint density at radius 3 is 2.62 bits per heavy atom. The van der Waals surface area contributed by atoms with Crippen LogP contribution in [0.2, 0.25) is 0 Å². The standard InChI is InChI=1S/C29H29N3O4S/c1-31-23-13-6-5-12-22(23)26-27(28(34)30-16-20-10-4-7-14-24(20)36-3)32(25(33)18-37-29(26)31)17-19-9-8-11-21(15-19)35-2/h4-15,27H,16-18H2,1-3H3,(H,30,34). The van der Waals surface area contributed by atoms with Gasteiger partial charge in [-0.1, -0.05) is 60.3 Å². The van der Waals surface area contributed by atoms with E-state index >= 15 is 0 Å². The lowest BCUT2D eigenvalue weighted by atomic mass is 10.0. The van der Waals surface area contributed by atoms with Crippen LogP contribution < -0.4 is 14.8 Å². The lowest BCUT2D eigenvalue weighted by molar-refractivity contribution is -0.139. The number of carbonyl (C=O) groups excluding carboxylic acids is 2. The first kappa shape index (κ1) is 24.8. The first-order chi connectivity index (χ1) is 18.0. The molecule has 1 aromatic heterocycles. The molecule has 8 heteroatoms. The predicted octanol–water partition coefficient (Wildman–Crippen LogP) is 4.69. The fourth-order valence-corrected chi connectivity index (χ4v) is 5.99. The number of carbonyl (C=O) groups is 2. The van der Waals surface area contributed by atoms with Crippen LogP contribution in [0.1, 0.15) is 22.7 Å². The molecule has 5 rings (SSSR count). The predicted molar refractivity (Wildman–Crippen MR) is 145 cm³/mol. The van der Waals surface area contributed by atoms with E-state index in [4.69, 9.17) is 9.47 Å². The molecular formula is C29H29N3O4S. The van der Waals surface area contributed by atoms with Gasteiger partial charge in [0.2, 0.25) is 11.8 Å². The monoisotopic (exact) mass is 515 g/mol. The highest BCUT2D eigenvalue weighted by molar-refractivity contribution is 8.00. The normalized spacial score (nSPS) is 15.3. The third-order valence-electron chi connectivity index (χ3n) is 6.71. The van der Waals surface area contributed by atoms with Crippen molar-refractivity contribution in [3.8, 4) is 11.5 Å². The van der Waals surface area contributed by atoms with Crippen molar-refractivity contribution in [1.29, 1.82) is 0 Å². The highest BCUT2D eigenvalue weighted by Gasteiger charge is 2.39. The molecule has 1 atom stereocenters. The van der Waals surface area contributed by atoms with Crippen molar-refractivity contribution in [2.75, 3.05) is 20.0 Å². The van der Waals surface area contributed by atoms with Gasteiger partial charge < -0.3 is 24.3 Å². The fraction of sp³-hybridized carbons (Fsp3) is 0.241. The zero-order chi connectivity index (χ0) is 25.9. The Balaban J connectivity index is 1.58. The zero-order valence-electron chi connectivity index (χ0n) is 21.1. The Morgan fingerprint density at radius 1 is 1.03 bits per heavy atom. The molecule has 1 aliphatic rings. The van der Waals surface area contributed by atoms with Crippen LogP contribution in [0.4, 0.5) is 0 Å². The van der Waals surface area contributed by atoms with Crippen molar-refractivity contribution in [3.63, 3.8) is 0 Å². The maximum atomic E-state index is 14.0. The third kappa shape index (κ3) is 4.76. The largest absolute Gasteiger partial charge is 0.497 e. The Hall–Kier alpha value is -3.91. The molecule has 0 spiro atoms. The van der Waals surface area contributed by atoms with Crippen LogP contribution in [0.5, 0.6) is 11.5 Å². The number of methoxy groups -OCH3 is 2. The smallest absolute Gasteiger partial charge is 0.247 e. The van der Waals surface area contributed by atoms with Crippen molar-refractivity contribution in [2.45, 2.75) is 24.2 Å². The molecule has 190 valence electrons. The number of hydrogen-bond donors (Lipinski definition) is 1. The summed E-state index contributed by atoms with van der Waals surface area (Å²) in [4.78, 5) is 29.3. The van der Waals surface area contributed by atoms with Gasteiger partial charge in [-0.05, 0) is 29.8 Å². The van der Waals surface area contributed by atoms with E-state index in [-0.39, 0.29) is 30.7 Å². The van der Waals surface area contributed by atoms with E-state index in [1.165, 1.54) is 11.8 Å². The van der Waals surface area contributed by atoms with E-state index in [2.05, 4.69) is 9.88 Å². The van der Waals surface area contributed by atoms with Crippen LogP contribution in [-0.4, -0.2) is 41.3 Å². The van der Waals surface area contributed by atoms with Gasteiger partial charge in [0, 0.05) is 42.2 Å². The van der Waals surface area contributed by atoms with Crippen molar-refractivity contribution < 1.29 is 19.1 Å². The molecule has 37 heavy (non-hydrogen) atoms. The van der Waals surface area contributed by atoms with Crippen molar-refractivity contribution in [2.24, 2.45) is 7.05 Å². The summed E-state index contributed by atoms with van der Waals surface area (Å²) in [5.41, 5.74) is 3.64. The molecule has 2 amide bonds. The lowest BCUT2D eigenvalue weighted by Gasteiger charge is -2.30. The van der Waals surface area contributed by atoms with Gasteiger partial charge in [-0.2, -0.15) is 0 Å². The van der Waals surface area contributed by atoms with Gasteiger partial charge in [-0.3, -0.25) is 9.59 Å². The van der Waals surface area contributed by atoms with E-state index < -0.39 is 6.04 Å². The summed E-state index contributed by atoms with van der Waals surface area (Å²) in [6, 6.07) is 22.4. The van der Waals surface area contributed by atoms with Gasteiger partial charge >= 0.3 is 0 Å². The van der Waals surface area contributed by atoms with E-state index in [1.54, 1.807) is 19.1 Å². The summed E-state index contributed by atoms with van der Waals surface area (Å²) in [5, 5.41) is 4.99. The average Bonchev–Trinajstić information content (AvgIpc) is 3.12. The minimum absolute atomic E-state index is 0.0921. The van der Waals surface area contributed by atoms with Gasteiger partial charge in [0.05, 0.1) is 25.0 Å². The second-order valence-electron chi connectivity index (χ2n) is 8.89. The molecular weight excluding hydrogens is 486 g/mol. The number of fused-ring (bicyclic) bond motifs is 3. The molecule has 4 aromatic rings. The summed E-state index contributed by atoms with van der Waals surface area (Å²) in [5.74, 6) is 1.33. The molecule has 1 aliphatic heterocycles. The first-order valence-electron chi connectivity index (χ1n) is 12.0. The molecule has 3 aromatic carbocycles. The number of amides is 2. The number of hydrogen-bond acceptors (Lipinski definition) is 5. The van der Waals surface area contributed by atoms with E-state index in [1.807, 2.05) is 79.8 Å². The maximum absolute atomic E-state index is 14.0. The molecule has 2 heterocycles. The van der Waals surface area contributed by atoms with Crippen molar-refractivity contribution >= 4 is 34.5 Å². The Morgan fingerprint density at radius 2 is 1.81 bits per heavy atom. The quantitative estimate of drug-likeness (QED) is 0.387. The molecule has 1 unspecified atom stereocenters.